The Labute approximate surface area is 134 Å². The maximum absolute atomic E-state index is 12.8. The van der Waals surface area contributed by atoms with E-state index in [9.17, 15) is 27.2 Å². The highest BCUT2D eigenvalue weighted by Crippen LogP contribution is 2.24. The van der Waals surface area contributed by atoms with Crippen LogP contribution >= 0.6 is 12.6 Å². The summed E-state index contributed by atoms with van der Waals surface area (Å²) in [7, 11) is 0. The van der Waals surface area contributed by atoms with Gasteiger partial charge in [0.2, 0.25) is 5.91 Å². The van der Waals surface area contributed by atoms with E-state index in [1.807, 2.05) is 0 Å². The van der Waals surface area contributed by atoms with E-state index in [4.69, 9.17) is 4.74 Å². The van der Waals surface area contributed by atoms with Gasteiger partial charge in [0.05, 0.1) is 6.61 Å². The normalized spacial score (nSPS) is 12.5. The lowest BCUT2D eigenvalue weighted by atomic mass is 10.3. The fourth-order valence-corrected chi connectivity index (χ4v) is 1.90. The molecule has 0 aliphatic carbocycles. The summed E-state index contributed by atoms with van der Waals surface area (Å²) >= 11 is 3.88. The number of aromatic nitrogens is 2. The number of hydrogen-bond acceptors (Lipinski definition) is 5. The number of nitrogens with zero attached hydrogens (tertiary/aromatic N) is 2. The zero-order valence-electron chi connectivity index (χ0n) is 12.0. The Morgan fingerprint density at radius 2 is 2.00 bits per heavy atom. The van der Waals surface area contributed by atoms with E-state index >= 15 is 0 Å². The molecule has 1 heterocycles. The Hall–Kier alpha value is -1.78. The maximum Gasteiger partial charge on any atom is 0.329 e. The van der Waals surface area contributed by atoms with Crippen LogP contribution in [0, 0.1) is 0 Å². The van der Waals surface area contributed by atoms with E-state index in [2.05, 4.69) is 23.0 Å². The van der Waals surface area contributed by atoms with Crippen molar-refractivity contribution in [2.75, 3.05) is 12.4 Å². The minimum absolute atomic E-state index is 0.0757. The molecule has 1 rings (SSSR count). The monoisotopic (exact) mass is 357 g/mol. The van der Waals surface area contributed by atoms with E-state index in [1.165, 1.54) is 0 Å². The van der Waals surface area contributed by atoms with Gasteiger partial charge in [-0.15, -0.1) is 0 Å². The first-order valence-corrected chi connectivity index (χ1v) is 7.14. The van der Waals surface area contributed by atoms with Crippen molar-refractivity contribution in [2.45, 2.75) is 32.4 Å². The molecule has 6 nitrogen and oxygen atoms in total. The molecule has 0 aromatic carbocycles. The third kappa shape index (κ3) is 5.41. The summed E-state index contributed by atoms with van der Waals surface area (Å²) in [4.78, 5) is 23.3. The molecular weight excluding hydrogens is 342 g/mol. The molecule has 0 bridgehead atoms. The molecule has 0 aliphatic heterocycles. The fraction of sp³-hybridized carbons (Fsp3) is 0.583. The van der Waals surface area contributed by atoms with E-state index < -0.39 is 48.7 Å². The molecule has 0 radical (unpaired) electrons. The standard InChI is InChI=1S/C12H15F4N3O3S/c1-2-22-12(21)7(5-23)17-9(20)4-19-8(11(15)16)3-6(18-19)10(13)14/h3,7,10-11,23H,2,4-5H2,1H3,(H,17,20)/t7-/m0/s1. The summed E-state index contributed by atoms with van der Waals surface area (Å²) < 4.78 is 55.8. The molecule has 0 saturated carbocycles. The Bertz CT molecular complexity index is 554. The highest BCUT2D eigenvalue weighted by Gasteiger charge is 2.24. The third-order valence-electron chi connectivity index (χ3n) is 2.66. The first kappa shape index (κ1) is 19.3. The van der Waals surface area contributed by atoms with Crippen LogP contribution in [0.4, 0.5) is 17.6 Å². The van der Waals surface area contributed by atoms with Gasteiger partial charge >= 0.3 is 5.97 Å². The Balaban J connectivity index is 2.82. The smallest absolute Gasteiger partial charge is 0.329 e. The predicted molar refractivity (Wildman–Crippen MR) is 74.6 cm³/mol. The average molecular weight is 357 g/mol. The number of rotatable bonds is 8. The van der Waals surface area contributed by atoms with Gasteiger partial charge in [0.15, 0.2) is 0 Å². The lowest BCUT2D eigenvalue weighted by Crippen LogP contribution is -2.44. The molecule has 1 atom stereocenters. The van der Waals surface area contributed by atoms with Crippen molar-refractivity contribution in [3.8, 4) is 0 Å². The number of hydrogen-bond donors (Lipinski definition) is 2. The summed E-state index contributed by atoms with van der Waals surface area (Å²) in [6.07, 6.45) is -6.12. The van der Waals surface area contributed by atoms with E-state index in [0.29, 0.717) is 10.7 Å². The summed E-state index contributed by atoms with van der Waals surface area (Å²) in [6, 6.07) is -0.546. The molecule has 1 aromatic rings. The van der Waals surface area contributed by atoms with Crippen LogP contribution < -0.4 is 5.32 Å². The third-order valence-corrected chi connectivity index (χ3v) is 3.02. The molecule has 0 spiro atoms. The molecule has 0 saturated heterocycles. The number of halogens is 4. The number of alkyl halides is 4. The molecule has 11 heteroatoms. The van der Waals surface area contributed by atoms with Crippen molar-refractivity contribution in [3.05, 3.63) is 17.5 Å². The fourth-order valence-electron chi connectivity index (χ4n) is 1.66. The first-order chi connectivity index (χ1) is 10.8. The summed E-state index contributed by atoms with van der Waals surface area (Å²) in [5.74, 6) is -1.67. The van der Waals surface area contributed by atoms with E-state index in [1.54, 1.807) is 6.92 Å². The lowest BCUT2D eigenvalue weighted by Gasteiger charge is -2.15. The Morgan fingerprint density at radius 1 is 1.35 bits per heavy atom. The van der Waals surface area contributed by atoms with Gasteiger partial charge in [0, 0.05) is 5.75 Å². The molecule has 23 heavy (non-hydrogen) atoms. The van der Waals surface area contributed by atoms with Gasteiger partial charge in [-0.3, -0.25) is 9.48 Å². The number of thiol groups is 1. The van der Waals surface area contributed by atoms with Crippen LogP contribution in [-0.2, 0) is 20.9 Å². The summed E-state index contributed by atoms with van der Waals surface area (Å²) in [5.41, 5.74) is -1.67. The molecule has 130 valence electrons. The van der Waals surface area contributed by atoms with Gasteiger partial charge in [-0.1, -0.05) is 0 Å². The number of esters is 1. The Morgan fingerprint density at radius 3 is 2.48 bits per heavy atom. The molecular formula is C12H15F4N3O3S. The van der Waals surface area contributed by atoms with E-state index in [0.717, 1.165) is 0 Å². The number of carbonyl (C=O) groups is 2. The molecule has 1 N–H and O–H groups in total. The van der Waals surface area contributed by atoms with Crippen molar-refractivity contribution in [2.24, 2.45) is 0 Å². The predicted octanol–water partition coefficient (Wildman–Crippen LogP) is 1.74. The zero-order chi connectivity index (χ0) is 17.6. The van der Waals surface area contributed by atoms with Gasteiger partial charge in [0.1, 0.15) is 24.0 Å². The number of amides is 1. The van der Waals surface area contributed by atoms with E-state index in [-0.39, 0.29) is 12.4 Å². The molecule has 0 fully saturated rings. The van der Waals surface area contributed by atoms with Gasteiger partial charge in [-0.25, -0.2) is 22.4 Å². The first-order valence-electron chi connectivity index (χ1n) is 6.50. The second kappa shape index (κ2) is 8.75. The van der Waals surface area contributed by atoms with Crippen LogP contribution in [0.2, 0.25) is 0 Å². The Kier molecular flexibility index (Phi) is 7.33. The maximum atomic E-state index is 12.8. The van der Waals surface area contributed by atoms with Crippen LogP contribution in [0.5, 0.6) is 0 Å². The van der Waals surface area contributed by atoms with Crippen LogP contribution in [0.3, 0.4) is 0 Å². The summed E-state index contributed by atoms with van der Waals surface area (Å²) in [5, 5.41) is 5.50. The lowest BCUT2D eigenvalue weighted by molar-refractivity contribution is -0.146. The second-order valence-corrected chi connectivity index (χ2v) is 4.67. The minimum Gasteiger partial charge on any atom is -0.464 e. The zero-order valence-corrected chi connectivity index (χ0v) is 12.9. The van der Waals surface area contributed by atoms with Crippen LogP contribution in [0.1, 0.15) is 31.2 Å². The van der Waals surface area contributed by atoms with Crippen molar-refractivity contribution >= 4 is 24.5 Å². The second-order valence-electron chi connectivity index (χ2n) is 4.31. The van der Waals surface area contributed by atoms with Crippen molar-refractivity contribution in [3.63, 3.8) is 0 Å². The molecule has 1 aromatic heterocycles. The van der Waals surface area contributed by atoms with Crippen molar-refractivity contribution in [1.29, 1.82) is 0 Å². The SMILES string of the molecule is CCOC(=O)[C@H](CS)NC(=O)Cn1nc(C(F)F)cc1C(F)F. The topological polar surface area (TPSA) is 73.2 Å². The molecule has 1 amide bonds. The highest BCUT2D eigenvalue weighted by molar-refractivity contribution is 7.80. The van der Waals surface area contributed by atoms with Gasteiger partial charge < -0.3 is 10.1 Å². The van der Waals surface area contributed by atoms with Crippen molar-refractivity contribution < 1.29 is 31.9 Å². The molecule has 0 aliphatic rings. The largest absolute Gasteiger partial charge is 0.464 e. The number of ether oxygens (including phenoxy) is 1. The number of nitrogens with one attached hydrogen (secondary N) is 1. The van der Waals surface area contributed by atoms with Gasteiger partial charge in [-0.05, 0) is 13.0 Å². The minimum atomic E-state index is -3.08. The van der Waals surface area contributed by atoms with Gasteiger partial charge in [-0.2, -0.15) is 17.7 Å². The van der Waals surface area contributed by atoms with Crippen molar-refractivity contribution in [1.82, 2.24) is 15.1 Å². The average Bonchev–Trinajstić information content (AvgIpc) is 2.89. The molecule has 0 unspecified atom stereocenters. The van der Waals surface area contributed by atoms with Crippen LogP contribution in [-0.4, -0.2) is 40.1 Å². The van der Waals surface area contributed by atoms with Gasteiger partial charge in [0.25, 0.3) is 12.9 Å². The summed E-state index contributed by atoms with van der Waals surface area (Å²) in [6.45, 7) is 0.918. The van der Waals surface area contributed by atoms with Crippen LogP contribution in [0.15, 0.2) is 6.07 Å². The van der Waals surface area contributed by atoms with Crippen LogP contribution in [0.25, 0.3) is 0 Å². The quantitative estimate of drug-likeness (QED) is 0.422. The number of carbonyl (C=O) groups excluding carboxylic acids is 2. The highest BCUT2D eigenvalue weighted by atomic mass is 32.1.